The molecule has 0 aliphatic heterocycles. The van der Waals surface area contributed by atoms with E-state index in [-0.39, 0.29) is 0 Å². The fourth-order valence-electron chi connectivity index (χ4n) is 4.68. The first-order valence-electron chi connectivity index (χ1n) is 5.89. The average molecular weight is 180 g/mol. The molecule has 1 heteroatoms. The van der Waals surface area contributed by atoms with Crippen molar-refractivity contribution in [1.82, 2.24) is 0 Å². The molecule has 0 unspecified atom stereocenters. The number of rotatable bonds is 1. The van der Waals surface area contributed by atoms with Gasteiger partial charge in [-0.05, 0) is 25.7 Å². The third-order valence-corrected chi connectivity index (χ3v) is 5.14. The minimum absolute atomic E-state index is 0.644. The summed E-state index contributed by atoms with van der Waals surface area (Å²) in [6.07, 6.45) is 12.3. The zero-order chi connectivity index (χ0) is 8.94. The minimum Gasteiger partial charge on any atom is -0.380 e. The molecule has 0 heterocycles. The van der Waals surface area contributed by atoms with E-state index in [4.69, 9.17) is 4.74 Å². The van der Waals surface area contributed by atoms with Gasteiger partial charge in [-0.3, -0.25) is 0 Å². The van der Waals surface area contributed by atoms with Crippen LogP contribution in [0.15, 0.2) is 0 Å². The van der Waals surface area contributed by atoms with Crippen molar-refractivity contribution in [3.8, 4) is 0 Å². The van der Waals surface area contributed by atoms with Crippen LogP contribution in [0.2, 0.25) is 0 Å². The summed E-state index contributed by atoms with van der Waals surface area (Å²) in [7, 11) is 1.93. The Kier molecular flexibility index (Phi) is 1.59. The fourth-order valence-corrected chi connectivity index (χ4v) is 4.68. The molecular formula is C12H20O. The molecule has 1 nitrogen and oxygen atoms in total. The smallest absolute Gasteiger partial charge is 0.0696 e. The first-order valence-corrected chi connectivity index (χ1v) is 5.89. The second kappa shape index (κ2) is 2.50. The molecule has 0 aromatic rings. The summed E-state index contributed by atoms with van der Waals surface area (Å²) in [5.41, 5.74) is 1.33. The molecule has 0 N–H and O–H groups in total. The van der Waals surface area contributed by atoms with Crippen molar-refractivity contribution in [3.05, 3.63) is 0 Å². The van der Waals surface area contributed by atoms with Gasteiger partial charge in [0.1, 0.15) is 0 Å². The molecule has 0 aromatic carbocycles. The highest BCUT2D eigenvalue weighted by molar-refractivity contribution is 5.25. The van der Waals surface area contributed by atoms with E-state index >= 15 is 0 Å². The summed E-state index contributed by atoms with van der Waals surface area (Å²) in [4.78, 5) is 0. The predicted molar refractivity (Wildman–Crippen MR) is 52.6 cm³/mol. The summed E-state index contributed by atoms with van der Waals surface area (Å²) in [5, 5.41) is 0. The third-order valence-electron chi connectivity index (χ3n) is 5.14. The van der Waals surface area contributed by atoms with E-state index in [0.29, 0.717) is 16.9 Å². The molecule has 0 spiro atoms. The summed E-state index contributed by atoms with van der Waals surface area (Å²) < 4.78 is 5.74. The molecule has 3 fully saturated rings. The van der Waals surface area contributed by atoms with Gasteiger partial charge < -0.3 is 4.74 Å². The van der Waals surface area contributed by atoms with E-state index in [0.717, 1.165) is 0 Å². The van der Waals surface area contributed by atoms with Crippen molar-refractivity contribution in [1.29, 1.82) is 0 Å². The Hall–Kier alpha value is -0.0400. The van der Waals surface area contributed by atoms with E-state index in [2.05, 4.69) is 0 Å². The van der Waals surface area contributed by atoms with Crippen molar-refractivity contribution < 1.29 is 4.74 Å². The van der Waals surface area contributed by atoms with Gasteiger partial charge in [-0.2, -0.15) is 0 Å². The van der Waals surface area contributed by atoms with Gasteiger partial charge in [0.05, 0.1) is 6.10 Å². The number of methoxy groups -OCH3 is 1. The van der Waals surface area contributed by atoms with Crippen LogP contribution in [-0.4, -0.2) is 13.2 Å². The highest BCUT2D eigenvalue weighted by Gasteiger charge is 2.76. The largest absolute Gasteiger partial charge is 0.380 e. The van der Waals surface area contributed by atoms with Crippen molar-refractivity contribution >= 4 is 0 Å². The lowest BCUT2D eigenvalue weighted by Gasteiger charge is -2.33. The number of ether oxygens (including phenoxy) is 1. The predicted octanol–water partition coefficient (Wildman–Crippen LogP) is 3.14. The van der Waals surface area contributed by atoms with Crippen LogP contribution >= 0.6 is 0 Å². The Labute approximate surface area is 80.8 Å². The maximum atomic E-state index is 5.74. The van der Waals surface area contributed by atoms with E-state index in [9.17, 15) is 0 Å². The second-order valence-electron chi connectivity index (χ2n) is 5.34. The summed E-state index contributed by atoms with van der Waals surface area (Å²) in [6, 6.07) is 0. The standard InChI is InChI=1S/C12H20O/c1-13-10-11-6-2-3-7-12(10,11)9-5-4-8-11/h10H,2-9H2,1H3. The number of hydrogen-bond donors (Lipinski definition) is 0. The van der Waals surface area contributed by atoms with Crippen LogP contribution in [0.25, 0.3) is 0 Å². The highest BCUT2D eigenvalue weighted by atomic mass is 16.5. The normalized spacial score (nSPS) is 53.8. The first-order chi connectivity index (χ1) is 6.36. The number of hydrogen-bond acceptors (Lipinski definition) is 1. The maximum absolute atomic E-state index is 5.74. The Morgan fingerprint density at radius 3 is 1.54 bits per heavy atom. The van der Waals surface area contributed by atoms with Crippen molar-refractivity contribution in [3.63, 3.8) is 0 Å². The Balaban J connectivity index is 1.92. The summed E-state index contributed by atoms with van der Waals surface area (Å²) in [5.74, 6) is 0. The molecule has 0 amide bonds. The van der Waals surface area contributed by atoms with Gasteiger partial charge in [-0.25, -0.2) is 0 Å². The van der Waals surface area contributed by atoms with E-state index in [1.165, 1.54) is 51.4 Å². The summed E-state index contributed by atoms with van der Waals surface area (Å²) >= 11 is 0. The van der Waals surface area contributed by atoms with E-state index in [1.807, 2.05) is 7.11 Å². The van der Waals surface area contributed by atoms with E-state index < -0.39 is 0 Å². The lowest BCUT2D eigenvalue weighted by Crippen LogP contribution is -2.22. The molecule has 74 valence electrons. The fraction of sp³-hybridized carbons (Fsp3) is 1.00. The molecule has 0 radical (unpaired) electrons. The van der Waals surface area contributed by atoms with Crippen molar-refractivity contribution in [2.24, 2.45) is 10.8 Å². The molecule has 3 aliphatic carbocycles. The molecule has 0 saturated heterocycles. The quantitative estimate of drug-likeness (QED) is 0.602. The van der Waals surface area contributed by atoms with Gasteiger partial charge >= 0.3 is 0 Å². The van der Waals surface area contributed by atoms with Crippen molar-refractivity contribution in [2.75, 3.05) is 7.11 Å². The molecule has 0 bridgehead atoms. The SMILES string of the molecule is COC1C23CCCCC12CCCC3. The van der Waals surface area contributed by atoms with Crippen molar-refractivity contribution in [2.45, 2.75) is 57.5 Å². The molecule has 13 heavy (non-hydrogen) atoms. The zero-order valence-electron chi connectivity index (χ0n) is 8.64. The van der Waals surface area contributed by atoms with Crippen LogP contribution < -0.4 is 0 Å². The molecule has 3 aliphatic rings. The Morgan fingerprint density at radius 2 is 1.23 bits per heavy atom. The molecule has 0 aromatic heterocycles. The van der Waals surface area contributed by atoms with Gasteiger partial charge in [0.25, 0.3) is 0 Å². The summed E-state index contributed by atoms with van der Waals surface area (Å²) in [6.45, 7) is 0. The van der Waals surface area contributed by atoms with Crippen LogP contribution in [0, 0.1) is 10.8 Å². The molecule has 0 atom stereocenters. The topological polar surface area (TPSA) is 9.23 Å². The van der Waals surface area contributed by atoms with Crippen LogP contribution in [0.4, 0.5) is 0 Å². The van der Waals surface area contributed by atoms with Gasteiger partial charge in [0.2, 0.25) is 0 Å². The Bertz CT molecular complexity index is 187. The molecule has 3 rings (SSSR count). The van der Waals surface area contributed by atoms with Crippen LogP contribution in [0.1, 0.15) is 51.4 Å². The third kappa shape index (κ3) is 0.782. The molecule has 3 saturated carbocycles. The van der Waals surface area contributed by atoms with Gasteiger partial charge in [0.15, 0.2) is 0 Å². The zero-order valence-corrected chi connectivity index (χ0v) is 8.64. The highest BCUT2D eigenvalue weighted by Crippen LogP contribution is 2.78. The first kappa shape index (κ1) is 8.28. The average Bonchev–Trinajstić information content (AvgIpc) is 2.80. The van der Waals surface area contributed by atoms with Gasteiger partial charge in [-0.15, -0.1) is 0 Å². The van der Waals surface area contributed by atoms with Crippen LogP contribution in [0.5, 0.6) is 0 Å². The minimum atomic E-state index is 0.644. The van der Waals surface area contributed by atoms with Gasteiger partial charge in [-0.1, -0.05) is 25.7 Å². The lowest BCUT2D eigenvalue weighted by atomic mass is 9.71. The van der Waals surface area contributed by atoms with Crippen LogP contribution in [0.3, 0.4) is 0 Å². The van der Waals surface area contributed by atoms with E-state index in [1.54, 1.807) is 0 Å². The maximum Gasteiger partial charge on any atom is 0.0696 e. The lowest BCUT2D eigenvalue weighted by molar-refractivity contribution is 0.131. The molecular weight excluding hydrogens is 160 g/mol. The second-order valence-corrected chi connectivity index (χ2v) is 5.34. The van der Waals surface area contributed by atoms with Crippen LogP contribution in [-0.2, 0) is 4.74 Å². The Morgan fingerprint density at radius 1 is 0.846 bits per heavy atom. The van der Waals surface area contributed by atoms with Gasteiger partial charge in [0, 0.05) is 17.9 Å². The monoisotopic (exact) mass is 180 g/mol.